The van der Waals surface area contributed by atoms with Crippen LogP contribution in [0, 0.1) is 12.8 Å². The highest BCUT2D eigenvalue weighted by atomic mass is 79.9. The monoisotopic (exact) mass is 362 g/mol. The summed E-state index contributed by atoms with van der Waals surface area (Å²) >= 11 is 3.43. The third kappa shape index (κ3) is 4.84. The summed E-state index contributed by atoms with van der Waals surface area (Å²) in [4.78, 5) is 0.348. The van der Waals surface area contributed by atoms with Crippen LogP contribution in [-0.2, 0) is 16.6 Å². The summed E-state index contributed by atoms with van der Waals surface area (Å²) in [5.41, 5.74) is 1.68. The van der Waals surface area contributed by atoms with Gasteiger partial charge >= 0.3 is 0 Å². The second-order valence-corrected chi connectivity index (χ2v) is 7.90. The predicted molar refractivity (Wildman–Crippen MR) is 86.3 cm³/mol. The Labute approximate surface area is 130 Å². The minimum atomic E-state index is -3.46. The van der Waals surface area contributed by atoms with Crippen molar-refractivity contribution in [3.63, 3.8) is 0 Å². The van der Waals surface area contributed by atoms with Crippen LogP contribution in [0.15, 0.2) is 21.5 Å². The third-order valence-electron chi connectivity index (χ3n) is 3.04. The topological polar surface area (TPSA) is 58.2 Å². The molecule has 0 aromatic heterocycles. The molecule has 0 atom stereocenters. The Morgan fingerprint density at radius 1 is 1.30 bits per heavy atom. The van der Waals surface area contributed by atoms with E-state index in [1.165, 1.54) is 0 Å². The van der Waals surface area contributed by atoms with Crippen LogP contribution in [0.4, 0.5) is 0 Å². The van der Waals surface area contributed by atoms with Gasteiger partial charge in [-0.2, -0.15) is 0 Å². The summed E-state index contributed by atoms with van der Waals surface area (Å²) in [5, 5.41) is 3.03. The molecule has 0 aliphatic rings. The van der Waals surface area contributed by atoms with Gasteiger partial charge in [-0.25, -0.2) is 13.1 Å². The van der Waals surface area contributed by atoms with E-state index in [1.54, 1.807) is 6.07 Å². The fourth-order valence-corrected chi connectivity index (χ4v) is 3.85. The van der Waals surface area contributed by atoms with Crippen molar-refractivity contribution in [1.29, 1.82) is 0 Å². The summed E-state index contributed by atoms with van der Waals surface area (Å²) in [7, 11) is -1.62. The summed E-state index contributed by atoms with van der Waals surface area (Å²) in [6.07, 6.45) is 0.829. The van der Waals surface area contributed by atoms with Crippen LogP contribution in [0.2, 0.25) is 0 Å². The minimum absolute atomic E-state index is 0.348. The molecule has 0 aliphatic carbocycles. The maximum absolute atomic E-state index is 12.4. The maximum Gasteiger partial charge on any atom is 0.240 e. The van der Waals surface area contributed by atoms with Crippen molar-refractivity contribution in [1.82, 2.24) is 10.0 Å². The standard InChI is InChI=1S/C14H23BrN2O2S/c1-10(2)5-6-17-20(18,19)14-8-12(9-16-4)7-13(15)11(14)3/h7-8,10,16-17H,5-6,9H2,1-4H3. The minimum Gasteiger partial charge on any atom is -0.316 e. The molecule has 0 aliphatic heterocycles. The molecule has 0 saturated heterocycles. The van der Waals surface area contributed by atoms with Gasteiger partial charge in [-0.05, 0) is 49.6 Å². The quantitative estimate of drug-likeness (QED) is 0.783. The lowest BCUT2D eigenvalue weighted by Gasteiger charge is -2.13. The van der Waals surface area contributed by atoms with Crippen molar-refractivity contribution < 1.29 is 8.42 Å². The Morgan fingerprint density at radius 3 is 2.50 bits per heavy atom. The van der Waals surface area contributed by atoms with Gasteiger partial charge in [0.1, 0.15) is 0 Å². The Bertz CT molecular complexity index is 557. The zero-order valence-electron chi connectivity index (χ0n) is 12.5. The zero-order valence-corrected chi connectivity index (χ0v) is 14.9. The van der Waals surface area contributed by atoms with E-state index in [-0.39, 0.29) is 0 Å². The second-order valence-electron chi connectivity index (χ2n) is 5.31. The second kappa shape index (κ2) is 7.54. The van der Waals surface area contributed by atoms with E-state index >= 15 is 0 Å². The molecule has 0 saturated carbocycles. The van der Waals surface area contributed by atoms with Crippen molar-refractivity contribution in [2.24, 2.45) is 5.92 Å². The van der Waals surface area contributed by atoms with Crippen LogP contribution in [0.5, 0.6) is 0 Å². The van der Waals surface area contributed by atoms with Gasteiger partial charge in [-0.15, -0.1) is 0 Å². The molecule has 4 nitrogen and oxygen atoms in total. The average molecular weight is 363 g/mol. The van der Waals surface area contributed by atoms with Crippen LogP contribution in [0.1, 0.15) is 31.4 Å². The third-order valence-corrected chi connectivity index (χ3v) is 5.45. The summed E-state index contributed by atoms with van der Waals surface area (Å²) in [6, 6.07) is 3.67. The predicted octanol–water partition coefficient (Wildman–Crippen LogP) is 2.80. The molecule has 20 heavy (non-hydrogen) atoms. The first-order valence-corrected chi connectivity index (χ1v) is 8.99. The Hall–Kier alpha value is -0.430. The lowest BCUT2D eigenvalue weighted by atomic mass is 10.1. The smallest absolute Gasteiger partial charge is 0.240 e. The first-order valence-electron chi connectivity index (χ1n) is 6.71. The molecule has 1 rings (SSSR count). The highest BCUT2D eigenvalue weighted by molar-refractivity contribution is 9.10. The van der Waals surface area contributed by atoms with Crippen LogP contribution in [0.25, 0.3) is 0 Å². The number of rotatable bonds is 7. The van der Waals surface area contributed by atoms with Crippen molar-refractivity contribution in [2.45, 2.75) is 38.6 Å². The van der Waals surface area contributed by atoms with E-state index < -0.39 is 10.0 Å². The van der Waals surface area contributed by atoms with Gasteiger partial charge in [0.2, 0.25) is 10.0 Å². The Morgan fingerprint density at radius 2 is 1.95 bits per heavy atom. The average Bonchev–Trinajstić information content (AvgIpc) is 2.33. The van der Waals surface area contributed by atoms with E-state index in [9.17, 15) is 8.42 Å². The molecule has 0 spiro atoms. The van der Waals surface area contributed by atoms with Crippen LogP contribution in [-0.4, -0.2) is 22.0 Å². The lowest BCUT2D eigenvalue weighted by Crippen LogP contribution is -2.26. The first kappa shape index (κ1) is 17.6. The normalized spacial score (nSPS) is 12.1. The van der Waals surface area contributed by atoms with E-state index in [2.05, 4.69) is 39.8 Å². The molecular formula is C14H23BrN2O2S. The molecule has 0 amide bonds. The highest BCUT2D eigenvalue weighted by Gasteiger charge is 2.19. The van der Waals surface area contributed by atoms with Crippen LogP contribution >= 0.6 is 15.9 Å². The first-order chi connectivity index (χ1) is 9.27. The number of halogens is 1. The van der Waals surface area contributed by atoms with Crippen molar-refractivity contribution in [3.05, 3.63) is 27.7 Å². The van der Waals surface area contributed by atoms with Gasteiger partial charge in [-0.3, -0.25) is 0 Å². The van der Waals surface area contributed by atoms with E-state index in [1.807, 2.05) is 20.0 Å². The number of sulfonamides is 1. The molecule has 1 aromatic carbocycles. The van der Waals surface area contributed by atoms with Crippen LogP contribution < -0.4 is 10.0 Å². The van der Waals surface area contributed by atoms with Crippen molar-refractivity contribution >= 4 is 26.0 Å². The highest BCUT2D eigenvalue weighted by Crippen LogP contribution is 2.25. The molecule has 2 N–H and O–H groups in total. The molecule has 0 radical (unpaired) electrons. The molecule has 0 bridgehead atoms. The molecule has 114 valence electrons. The largest absolute Gasteiger partial charge is 0.316 e. The van der Waals surface area contributed by atoms with Crippen LogP contribution in [0.3, 0.4) is 0 Å². The van der Waals surface area contributed by atoms with Gasteiger partial charge in [0.15, 0.2) is 0 Å². The van der Waals surface area contributed by atoms with Gasteiger partial charge < -0.3 is 5.32 Å². The summed E-state index contributed by atoms with van der Waals surface area (Å²) in [5.74, 6) is 0.473. The SMILES string of the molecule is CNCc1cc(Br)c(C)c(S(=O)(=O)NCCC(C)C)c1. The summed E-state index contributed by atoms with van der Waals surface area (Å²) < 4.78 is 28.3. The molecule has 0 heterocycles. The number of hydrogen-bond acceptors (Lipinski definition) is 3. The molecular weight excluding hydrogens is 340 g/mol. The molecule has 1 aromatic rings. The number of nitrogens with one attached hydrogen (secondary N) is 2. The van der Waals surface area contributed by atoms with E-state index in [0.29, 0.717) is 23.9 Å². The van der Waals surface area contributed by atoms with E-state index in [0.717, 1.165) is 22.0 Å². The van der Waals surface area contributed by atoms with Crippen molar-refractivity contribution in [3.8, 4) is 0 Å². The fourth-order valence-electron chi connectivity index (χ4n) is 1.85. The fraction of sp³-hybridized carbons (Fsp3) is 0.571. The van der Waals surface area contributed by atoms with Gasteiger partial charge in [0, 0.05) is 17.6 Å². The molecule has 0 unspecified atom stereocenters. The Kier molecular flexibility index (Phi) is 6.64. The molecule has 0 fully saturated rings. The van der Waals surface area contributed by atoms with Gasteiger partial charge in [0.05, 0.1) is 4.90 Å². The number of hydrogen-bond donors (Lipinski definition) is 2. The molecule has 6 heteroatoms. The Balaban J connectivity index is 3.04. The van der Waals surface area contributed by atoms with E-state index in [4.69, 9.17) is 0 Å². The van der Waals surface area contributed by atoms with Gasteiger partial charge in [-0.1, -0.05) is 29.8 Å². The van der Waals surface area contributed by atoms with Crippen molar-refractivity contribution in [2.75, 3.05) is 13.6 Å². The lowest BCUT2D eigenvalue weighted by molar-refractivity contribution is 0.551. The summed E-state index contributed by atoms with van der Waals surface area (Å²) in [6.45, 7) is 7.05. The number of benzene rings is 1. The zero-order chi connectivity index (χ0) is 15.3. The van der Waals surface area contributed by atoms with Gasteiger partial charge in [0.25, 0.3) is 0 Å². The maximum atomic E-state index is 12.4.